The molecular formula is C21H28F3N3O3. The molecule has 3 N–H and O–H groups in total. The van der Waals surface area contributed by atoms with Gasteiger partial charge in [0, 0.05) is 36.6 Å². The van der Waals surface area contributed by atoms with Crippen molar-refractivity contribution in [3.8, 4) is 5.69 Å². The van der Waals surface area contributed by atoms with Gasteiger partial charge in [-0.2, -0.15) is 13.2 Å². The van der Waals surface area contributed by atoms with Gasteiger partial charge in [0.15, 0.2) is 5.60 Å². The largest absolute Gasteiger partial charge is 0.420 e. The fourth-order valence-corrected chi connectivity index (χ4v) is 3.79. The van der Waals surface area contributed by atoms with Crippen LogP contribution in [0.15, 0.2) is 36.8 Å². The van der Waals surface area contributed by atoms with E-state index in [1.54, 1.807) is 26.4 Å². The number of aromatic nitrogens is 2. The first-order chi connectivity index (χ1) is 13.8. The second-order valence-corrected chi connectivity index (χ2v) is 8.62. The Morgan fingerprint density at radius 3 is 2.10 bits per heavy atom. The molecule has 6 nitrogen and oxygen atoms in total. The van der Waals surface area contributed by atoms with Gasteiger partial charge in [-0.25, -0.2) is 4.98 Å². The SMILES string of the molecule is CC(C)(O)c1ccc(-n2cncc2C2CCN(C(O)C(C)(O)C(F)(F)F)CC2)cc1. The van der Waals surface area contributed by atoms with Crippen LogP contribution >= 0.6 is 0 Å². The summed E-state index contributed by atoms with van der Waals surface area (Å²) in [4.78, 5) is 5.50. The highest BCUT2D eigenvalue weighted by Crippen LogP contribution is 2.37. The summed E-state index contributed by atoms with van der Waals surface area (Å²) in [5, 5.41) is 30.0. The van der Waals surface area contributed by atoms with Crippen molar-refractivity contribution < 1.29 is 28.5 Å². The van der Waals surface area contributed by atoms with E-state index in [0.29, 0.717) is 19.8 Å². The first-order valence-corrected chi connectivity index (χ1v) is 9.89. The second kappa shape index (κ2) is 7.96. The minimum atomic E-state index is -4.92. The summed E-state index contributed by atoms with van der Waals surface area (Å²) < 4.78 is 41.0. The van der Waals surface area contributed by atoms with E-state index in [0.717, 1.165) is 16.9 Å². The predicted octanol–water partition coefficient (Wildman–Crippen LogP) is 2.91. The smallest absolute Gasteiger partial charge is 0.386 e. The number of piperidine rings is 1. The van der Waals surface area contributed by atoms with Gasteiger partial charge in [0.2, 0.25) is 0 Å². The summed E-state index contributed by atoms with van der Waals surface area (Å²) in [5.41, 5.74) is -1.54. The number of alkyl halides is 3. The summed E-state index contributed by atoms with van der Waals surface area (Å²) in [7, 11) is 0. The lowest BCUT2D eigenvalue weighted by molar-refractivity contribution is -0.305. The second-order valence-electron chi connectivity index (χ2n) is 8.62. The number of nitrogens with zero attached hydrogens (tertiary/aromatic N) is 3. The Balaban J connectivity index is 1.72. The molecule has 2 unspecified atom stereocenters. The molecule has 2 aromatic rings. The maximum absolute atomic E-state index is 13.0. The van der Waals surface area contributed by atoms with Crippen LogP contribution < -0.4 is 0 Å². The van der Waals surface area contributed by atoms with Crippen LogP contribution in [0.1, 0.15) is 50.8 Å². The Kier molecular flexibility index (Phi) is 6.03. The minimum Gasteiger partial charge on any atom is -0.386 e. The van der Waals surface area contributed by atoms with Crippen molar-refractivity contribution in [3.05, 3.63) is 48.0 Å². The monoisotopic (exact) mass is 427 g/mol. The number of benzene rings is 1. The standard InChI is InChI=1S/C21H28F3N3O3/c1-19(2,29)15-4-6-16(7-5-15)27-13-25-12-17(27)14-8-10-26(11-9-14)18(28)20(3,30)21(22,23)24/h4-7,12-14,18,28-30H,8-11H2,1-3H3. The van der Waals surface area contributed by atoms with Crippen molar-refractivity contribution in [2.45, 2.75) is 63.1 Å². The number of halogens is 3. The number of hydrogen-bond acceptors (Lipinski definition) is 5. The fraction of sp³-hybridized carbons (Fsp3) is 0.571. The van der Waals surface area contributed by atoms with Crippen LogP contribution in [-0.2, 0) is 5.60 Å². The first kappa shape index (κ1) is 22.7. The highest BCUT2D eigenvalue weighted by molar-refractivity contribution is 5.38. The van der Waals surface area contributed by atoms with E-state index in [9.17, 15) is 28.5 Å². The molecule has 3 rings (SSSR count). The van der Waals surface area contributed by atoms with Crippen molar-refractivity contribution in [2.75, 3.05) is 13.1 Å². The Morgan fingerprint density at radius 1 is 1.03 bits per heavy atom. The van der Waals surface area contributed by atoms with E-state index in [4.69, 9.17) is 0 Å². The zero-order valence-corrected chi connectivity index (χ0v) is 17.3. The van der Waals surface area contributed by atoms with E-state index in [2.05, 4.69) is 4.98 Å². The average Bonchev–Trinajstić information content (AvgIpc) is 3.16. The third-order valence-electron chi connectivity index (χ3n) is 5.89. The molecule has 9 heteroatoms. The molecule has 2 atom stereocenters. The molecule has 1 aromatic carbocycles. The maximum atomic E-state index is 13.0. The summed E-state index contributed by atoms with van der Waals surface area (Å²) in [6.07, 6.45) is -2.46. The van der Waals surface area contributed by atoms with Crippen molar-refractivity contribution in [1.29, 1.82) is 0 Å². The topological polar surface area (TPSA) is 81.8 Å². The fourth-order valence-electron chi connectivity index (χ4n) is 3.79. The molecule has 1 fully saturated rings. The summed E-state index contributed by atoms with van der Waals surface area (Å²) in [6, 6.07) is 7.46. The Labute approximate surface area is 173 Å². The number of aliphatic hydroxyl groups excluding tert-OH is 1. The lowest BCUT2D eigenvalue weighted by Gasteiger charge is -2.41. The van der Waals surface area contributed by atoms with E-state index >= 15 is 0 Å². The molecule has 0 radical (unpaired) electrons. The number of aliphatic hydroxyl groups is 3. The molecule has 1 saturated heterocycles. The van der Waals surface area contributed by atoms with Crippen LogP contribution in [0.2, 0.25) is 0 Å². The molecule has 2 heterocycles. The lowest BCUT2D eigenvalue weighted by Crippen LogP contribution is -2.60. The molecule has 0 saturated carbocycles. The van der Waals surface area contributed by atoms with E-state index in [1.165, 1.54) is 4.90 Å². The van der Waals surface area contributed by atoms with Crippen LogP contribution in [0.25, 0.3) is 5.69 Å². The van der Waals surface area contributed by atoms with Gasteiger partial charge in [0.25, 0.3) is 0 Å². The van der Waals surface area contributed by atoms with Crippen LogP contribution in [0.3, 0.4) is 0 Å². The van der Waals surface area contributed by atoms with Crippen molar-refractivity contribution in [1.82, 2.24) is 14.5 Å². The zero-order chi connectivity index (χ0) is 22.3. The van der Waals surface area contributed by atoms with Gasteiger partial charge in [-0.3, -0.25) is 4.90 Å². The minimum absolute atomic E-state index is 0.0562. The van der Waals surface area contributed by atoms with Gasteiger partial charge < -0.3 is 19.9 Å². The number of hydrogen-bond donors (Lipinski definition) is 3. The van der Waals surface area contributed by atoms with Gasteiger partial charge in [0.1, 0.15) is 6.23 Å². The number of likely N-dealkylation sites (tertiary alicyclic amines) is 1. The third kappa shape index (κ3) is 4.39. The van der Waals surface area contributed by atoms with Gasteiger partial charge in [-0.15, -0.1) is 0 Å². The molecule has 1 aromatic heterocycles. The number of rotatable bonds is 5. The first-order valence-electron chi connectivity index (χ1n) is 9.89. The molecule has 166 valence electrons. The average molecular weight is 427 g/mol. The summed E-state index contributed by atoms with van der Waals surface area (Å²) in [6.45, 7) is 4.46. The molecule has 0 spiro atoms. The zero-order valence-electron chi connectivity index (χ0n) is 17.3. The van der Waals surface area contributed by atoms with Gasteiger partial charge >= 0.3 is 6.18 Å². The molecule has 0 amide bonds. The third-order valence-corrected chi connectivity index (χ3v) is 5.89. The van der Waals surface area contributed by atoms with Gasteiger partial charge in [-0.05, 0) is 51.3 Å². The van der Waals surface area contributed by atoms with Crippen molar-refractivity contribution in [2.24, 2.45) is 0 Å². The predicted molar refractivity (Wildman–Crippen MR) is 105 cm³/mol. The molecule has 0 bridgehead atoms. The van der Waals surface area contributed by atoms with Crippen LogP contribution in [0, 0.1) is 0 Å². The molecular weight excluding hydrogens is 399 g/mol. The highest BCUT2D eigenvalue weighted by Gasteiger charge is 2.56. The molecule has 30 heavy (non-hydrogen) atoms. The Morgan fingerprint density at radius 2 is 1.60 bits per heavy atom. The maximum Gasteiger partial charge on any atom is 0.420 e. The van der Waals surface area contributed by atoms with E-state index in [-0.39, 0.29) is 19.0 Å². The van der Waals surface area contributed by atoms with E-state index < -0.39 is 23.6 Å². The van der Waals surface area contributed by atoms with Crippen molar-refractivity contribution in [3.63, 3.8) is 0 Å². The van der Waals surface area contributed by atoms with Crippen molar-refractivity contribution >= 4 is 0 Å². The summed E-state index contributed by atoms with van der Waals surface area (Å²) in [5.74, 6) is 0.0562. The quantitative estimate of drug-likeness (QED) is 0.684. The highest BCUT2D eigenvalue weighted by atomic mass is 19.4. The summed E-state index contributed by atoms with van der Waals surface area (Å²) >= 11 is 0. The van der Waals surface area contributed by atoms with Crippen LogP contribution in [0.5, 0.6) is 0 Å². The van der Waals surface area contributed by atoms with Gasteiger partial charge in [-0.1, -0.05) is 12.1 Å². The molecule has 0 aliphatic carbocycles. The normalized spacial score (nSPS) is 20.2. The Bertz CT molecular complexity index is 849. The Hall–Kier alpha value is -1.94. The van der Waals surface area contributed by atoms with Gasteiger partial charge in [0.05, 0.1) is 11.9 Å². The van der Waals surface area contributed by atoms with Crippen LogP contribution in [-0.4, -0.2) is 60.9 Å². The number of imidazole rings is 1. The molecule has 1 aliphatic rings. The van der Waals surface area contributed by atoms with Crippen LogP contribution in [0.4, 0.5) is 13.2 Å². The molecule has 1 aliphatic heterocycles. The van der Waals surface area contributed by atoms with E-state index in [1.807, 2.05) is 28.8 Å². The lowest BCUT2D eigenvalue weighted by atomic mass is 9.91.